The van der Waals surface area contributed by atoms with Crippen molar-refractivity contribution in [3.63, 3.8) is 0 Å². The van der Waals surface area contributed by atoms with Crippen LogP contribution in [0.3, 0.4) is 0 Å². The Morgan fingerprint density at radius 3 is 2.42 bits per heavy atom. The van der Waals surface area contributed by atoms with Gasteiger partial charge in [0.25, 0.3) is 5.91 Å². The zero-order valence-electron chi connectivity index (χ0n) is 20.5. The Morgan fingerprint density at radius 2 is 1.67 bits per heavy atom. The van der Waals surface area contributed by atoms with Gasteiger partial charge < -0.3 is 10.3 Å². The third-order valence-corrected chi connectivity index (χ3v) is 8.59. The van der Waals surface area contributed by atoms with Crippen molar-refractivity contribution in [1.29, 1.82) is 0 Å². The molecule has 3 aromatic rings. The van der Waals surface area contributed by atoms with Crippen LogP contribution in [0.1, 0.15) is 49.7 Å². The van der Waals surface area contributed by atoms with E-state index in [-0.39, 0.29) is 29.7 Å². The number of imide groups is 1. The van der Waals surface area contributed by atoms with Crippen LogP contribution in [0.4, 0.5) is 9.18 Å². The van der Waals surface area contributed by atoms with E-state index in [4.69, 9.17) is 0 Å². The SMILES string of the molecule is O=C1N[C@@](Cc2ccc(F)cc2)(C2CCN(Cc3c[nH]c4ccccc34)CC2)C(=O)N1C1CCCC1. The minimum Gasteiger partial charge on any atom is -0.361 e. The Hall–Kier alpha value is -3.19. The maximum absolute atomic E-state index is 14.0. The highest BCUT2D eigenvalue weighted by molar-refractivity contribution is 6.07. The second-order valence-electron chi connectivity index (χ2n) is 10.7. The Labute approximate surface area is 210 Å². The number of amides is 3. The van der Waals surface area contributed by atoms with Crippen molar-refractivity contribution in [2.24, 2.45) is 5.92 Å². The van der Waals surface area contributed by atoms with Crippen molar-refractivity contribution in [3.05, 3.63) is 71.7 Å². The number of benzene rings is 2. The third kappa shape index (κ3) is 4.09. The number of carbonyl (C=O) groups excluding carboxylic acids is 2. The van der Waals surface area contributed by atoms with Crippen LogP contribution in [0.25, 0.3) is 10.9 Å². The summed E-state index contributed by atoms with van der Waals surface area (Å²) in [6, 6.07) is 14.4. The van der Waals surface area contributed by atoms with Crippen LogP contribution >= 0.6 is 0 Å². The van der Waals surface area contributed by atoms with E-state index >= 15 is 0 Å². The summed E-state index contributed by atoms with van der Waals surface area (Å²) in [6.45, 7) is 2.58. The molecule has 6 nitrogen and oxygen atoms in total. The van der Waals surface area contributed by atoms with Crippen LogP contribution in [0, 0.1) is 11.7 Å². The van der Waals surface area contributed by atoms with E-state index in [9.17, 15) is 14.0 Å². The van der Waals surface area contributed by atoms with Crippen molar-refractivity contribution in [2.45, 2.75) is 63.1 Å². The molecule has 0 spiro atoms. The van der Waals surface area contributed by atoms with Crippen LogP contribution in [0.2, 0.25) is 0 Å². The first-order chi connectivity index (χ1) is 17.5. The van der Waals surface area contributed by atoms with Gasteiger partial charge in [-0.1, -0.05) is 43.2 Å². The second kappa shape index (κ2) is 9.36. The molecule has 0 unspecified atom stereocenters. The Bertz CT molecular complexity index is 1260. The average Bonchev–Trinajstić information content (AvgIpc) is 3.61. The minimum atomic E-state index is -0.968. The highest BCUT2D eigenvalue weighted by atomic mass is 19.1. The van der Waals surface area contributed by atoms with Crippen molar-refractivity contribution in [2.75, 3.05) is 13.1 Å². The van der Waals surface area contributed by atoms with E-state index < -0.39 is 5.54 Å². The molecule has 2 saturated heterocycles. The van der Waals surface area contributed by atoms with Gasteiger partial charge in [-0.3, -0.25) is 14.6 Å². The molecular formula is C29H33FN4O2. The molecule has 1 aliphatic carbocycles. The number of piperidine rings is 1. The monoisotopic (exact) mass is 488 g/mol. The van der Waals surface area contributed by atoms with Gasteiger partial charge in [0, 0.05) is 36.1 Å². The molecule has 6 rings (SSSR count). The van der Waals surface area contributed by atoms with Crippen LogP contribution in [-0.4, -0.2) is 51.4 Å². The Kier molecular flexibility index (Phi) is 6.04. The first-order valence-electron chi connectivity index (χ1n) is 13.2. The summed E-state index contributed by atoms with van der Waals surface area (Å²) in [4.78, 5) is 34.5. The Morgan fingerprint density at radius 1 is 0.944 bits per heavy atom. The lowest BCUT2D eigenvalue weighted by atomic mass is 9.73. The standard InChI is InChI=1S/C29H33FN4O2/c30-23-11-9-20(10-12-23)17-29(27(35)34(28(36)32-29)24-5-1-2-6-24)22-13-15-33(16-14-22)19-21-18-31-26-8-4-3-7-25(21)26/h3-4,7-12,18,22,24,31H,1-2,5-6,13-17,19H2,(H,32,36)/t29-/m0/s1. The molecular weight excluding hydrogens is 455 g/mol. The van der Waals surface area contributed by atoms with Gasteiger partial charge in [-0.2, -0.15) is 0 Å². The minimum absolute atomic E-state index is 0.00504. The number of carbonyl (C=O) groups is 2. The number of nitrogens with zero attached hydrogens (tertiary/aromatic N) is 2. The van der Waals surface area contributed by atoms with Crippen LogP contribution in [-0.2, 0) is 17.8 Å². The fourth-order valence-electron chi connectivity index (χ4n) is 6.66. The number of urea groups is 1. The summed E-state index contributed by atoms with van der Waals surface area (Å²) in [5.74, 6) is -0.351. The van der Waals surface area contributed by atoms with Crippen molar-refractivity contribution >= 4 is 22.8 Å². The van der Waals surface area contributed by atoms with Gasteiger partial charge in [0.05, 0.1) is 0 Å². The van der Waals surface area contributed by atoms with E-state index in [1.807, 2.05) is 6.07 Å². The molecule has 3 heterocycles. The molecule has 3 amide bonds. The number of hydrogen-bond donors (Lipinski definition) is 2. The number of hydrogen-bond acceptors (Lipinski definition) is 3. The van der Waals surface area contributed by atoms with Gasteiger partial charge in [0.2, 0.25) is 0 Å². The first kappa shape index (κ1) is 23.2. The van der Waals surface area contributed by atoms with E-state index in [1.54, 1.807) is 12.1 Å². The zero-order valence-corrected chi connectivity index (χ0v) is 20.5. The molecule has 7 heteroatoms. The number of fused-ring (bicyclic) bond motifs is 1. The number of halogens is 1. The number of para-hydroxylation sites is 1. The molecule has 3 aliphatic rings. The molecule has 1 aromatic heterocycles. The predicted octanol–water partition coefficient (Wildman–Crippen LogP) is 4.99. The van der Waals surface area contributed by atoms with E-state index in [0.717, 1.165) is 69.2 Å². The van der Waals surface area contributed by atoms with Crippen molar-refractivity contribution < 1.29 is 14.0 Å². The van der Waals surface area contributed by atoms with E-state index in [1.165, 1.54) is 28.0 Å². The van der Waals surface area contributed by atoms with Gasteiger partial charge in [-0.25, -0.2) is 9.18 Å². The molecule has 1 atom stereocenters. The van der Waals surface area contributed by atoms with Crippen molar-refractivity contribution in [1.82, 2.24) is 20.1 Å². The topological polar surface area (TPSA) is 68.4 Å². The van der Waals surface area contributed by atoms with Gasteiger partial charge in [-0.15, -0.1) is 0 Å². The first-order valence-corrected chi connectivity index (χ1v) is 13.2. The summed E-state index contributed by atoms with van der Waals surface area (Å²) in [5, 5.41) is 4.43. The second-order valence-corrected chi connectivity index (χ2v) is 10.7. The maximum Gasteiger partial charge on any atom is 0.325 e. The lowest BCUT2D eigenvalue weighted by Gasteiger charge is -2.41. The molecule has 2 N–H and O–H groups in total. The summed E-state index contributed by atoms with van der Waals surface area (Å²) in [6.07, 6.45) is 8.02. The number of H-pyrrole nitrogens is 1. The highest BCUT2D eigenvalue weighted by Crippen LogP contribution is 2.39. The number of nitrogens with one attached hydrogen (secondary N) is 2. The fraction of sp³-hybridized carbons (Fsp3) is 0.448. The number of likely N-dealkylation sites (tertiary alicyclic amines) is 1. The molecule has 0 bridgehead atoms. The van der Waals surface area contributed by atoms with Gasteiger partial charge in [-0.05, 0) is 74.0 Å². The molecule has 2 aromatic carbocycles. The normalized spacial score (nSPS) is 24.2. The maximum atomic E-state index is 14.0. The number of aromatic amines is 1. The number of rotatable bonds is 6. The molecule has 36 heavy (non-hydrogen) atoms. The molecule has 1 saturated carbocycles. The van der Waals surface area contributed by atoms with Crippen LogP contribution < -0.4 is 5.32 Å². The summed E-state index contributed by atoms with van der Waals surface area (Å²) in [5.41, 5.74) is 2.33. The summed E-state index contributed by atoms with van der Waals surface area (Å²) < 4.78 is 13.6. The van der Waals surface area contributed by atoms with Crippen molar-refractivity contribution in [3.8, 4) is 0 Å². The lowest BCUT2D eigenvalue weighted by Crippen LogP contribution is -2.57. The van der Waals surface area contributed by atoms with E-state index in [0.29, 0.717) is 6.42 Å². The van der Waals surface area contributed by atoms with Crippen LogP contribution in [0.15, 0.2) is 54.7 Å². The van der Waals surface area contributed by atoms with Gasteiger partial charge in [0.1, 0.15) is 11.4 Å². The van der Waals surface area contributed by atoms with Crippen LogP contribution in [0.5, 0.6) is 0 Å². The largest absolute Gasteiger partial charge is 0.361 e. The summed E-state index contributed by atoms with van der Waals surface area (Å²) in [7, 11) is 0. The molecule has 188 valence electrons. The highest BCUT2D eigenvalue weighted by Gasteiger charge is 2.57. The van der Waals surface area contributed by atoms with Gasteiger partial charge in [0.15, 0.2) is 0 Å². The molecule has 0 radical (unpaired) electrons. The predicted molar refractivity (Wildman–Crippen MR) is 137 cm³/mol. The lowest BCUT2D eigenvalue weighted by molar-refractivity contribution is -0.135. The smallest absolute Gasteiger partial charge is 0.325 e. The fourth-order valence-corrected chi connectivity index (χ4v) is 6.66. The third-order valence-electron chi connectivity index (χ3n) is 8.59. The zero-order chi connectivity index (χ0) is 24.7. The quantitative estimate of drug-likeness (QED) is 0.480. The molecule has 2 aliphatic heterocycles. The molecule has 3 fully saturated rings. The average molecular weight is 489 g/mol. The van der Waals surface area contributed by atoms with E-state index in [2.05, 4.69) is 39.6 Å². The summed E-state index contributed by atoms with van der Waals surface area (Å²) >= 11 is 0. The number of aromatic nitrogens is 1. The Balaban J connectivity index is 1.23. The van der Waals surface area contributed by atoms with Gasteiger partial charge >= 0.3 is 6.03 Å².